The zero-order valence-corrected chi connectivity index (χ0v) is 12.3. The van der Waals surface area contributed by atoms with Gasteiger partial charge in [-0.3, -0.25) is 0 Å². The van der Waals surface area contributed by atoms with E-state index in [0.717, 1.165) is 15.8 Å². The Morgan fingerprint density at radius 2 is 2.11 bits per heavy atom. The van der Waals surface area contributed by atoms with Crippen molar-refractivity contribution in [3.05, 3.63) is 28.2 Å². The molecule has 0 bridgehead atoms. The molecule has 0 saturated heterocycles. The number of benzene rings is 1. The third-order valence-electron chi connectivity index (χ3n) is 2.60. The van der Waals surface area contributed by atoms with Crippen molar-refractivity contribution in [2.45, 2.75) is 25.3 Å². The van der Waals surface area contributed by atoms with Crippen molar-refractivity contribution < 1.29 is 18.3 Å². The minimum atomic E-state index is -2.43. The van der Waals surface area contributed by atoms with Crippen LogP contribution < -0.4 is 10.5 Å². The molecule has 0 amide bonds. The summed E-state index contributed by atoms with van der Waals surface area (Å²) in [4.78, 5) is 0. The fraction of sp³-hybridized carbons (Fsp3) is 0.538. The van der Waals surface area contributed by atoms with Crippen LogP contribution in [0.5, 0.6) is 5.75 Å². The summed E-state index contributed by atoms with van der Waals surface area (Å²) in [5, 5.41) is 0. The normalized spacial score (nSPS) is 12.7. The Bertz CT molecular complexity index is 391. The first kappa shape index (κ1) is 16.3. The van der Waals surface area contributed by atoms with Crippen LogP contribution in [-0.4, -0.2) is 32.8 Å². The Hall–Kier alpha value is -0.720. The van der Waals surface area contributed by atoms with Crippen LogP contribution in [0.25, 0.3) is 0 Å². The third-order valence-corrected chi connectivity index (χ3v) is 3.09. The molecule has 0 heterocycles. The van der Waals surface area contributed by atoms with Crippen molar-refractivity contribution in [2.75, 3.05) is 20.3 Å². The smallest absolute Gasteiger partial charge is 0.261 e. The van der Waals surface area contributed by atoms with E-state index in [1.54, 1.807) is 7.11 Å². The van der Waals surface area contributed by atoms with Crippen LogP contribution in [0.4, 0.5) is 8.78 Å². The van der Waals surface area contributed by atoms with Gasteiger partial charge in [-0.2, -0.15) is 0 Å². The van der Waals surface area contributed by atoms with Crippen molar-refractivity contribution in [3.8, 4) is 5.75 Å². The molecule has 2 N–H and O–H groups in total. The number of ether oxygens (including phenoxy) is 2. The predicted octanol–water partition coefficient (Wildman–Crippen LogP) is 3.00. The van der Waals surface area contributed by atoms with Gasteiger partial charge in [-0.1, -0.05) is 15.9 Å². The first-order valence-corrected chi connectivity index (χ1v) is 6.76. The van der Waals surface area contributed by atoms with Crippen LogP contribution >= 0.6 is 15.9 Å². The Labute approximate surface area is 120 Å². The number of alkyl halides is 2. The molecule has 1 aromatic carbocycles. The molecule has 0 aliphatic rings. The molecule has 1 aromatic rings. The van der Waals surface area contributed by atoms with Gasteiger partial charge in [0, 0.05) is 17.1 Å². The standard InChI is InChI=1S/C13H18BrF2NO2/c1-18-12-3-2-10(14)6-9(12)7-11(17)4-5-19-8-13(15)16/h2-3,6,11,13H,4-5,7-8,17H2,1H3. The Morgan fingerprint density at radius 3 is 2.74 bits per heavy atom. The summed E-state index contributed by atoms with van der Waals surface area (Å²) in [6.45, 7) is -0.297. The molecular weight excluding hydrogens is 320 g/mol. The SMILES string of the molecule is COc1ccc(Br)cc1CC(N)CCOCC(F)F. The van der Waals surface area contributed by atoms with Gasteiger partial charge in [-0.25, -0.2) is 8.78 Å². The summed E-state index contributed by atoms with van der Waals surface area (Å²) in [7, 11) is 1.60. The van der Waals surface area contributed by atoms with Gasteiger partial charge >= 0.3 is 0 Å². The molecule has 0 aliphatic heterocycles. The van der Waals surface area contributed by atoms with Crippen LogP contribution in [0.3, 0.4) is 0 Å². The van der Waals surface area contributed by atoms with E-state index in [1.165, 1.54) is 0 Å². The fourth-order valence-corrected chi connectivity index (χ4v) is 2.11. The Kier molecular flexibility index (Phi) is 7.27. The van der Waals surface area contributed by atoms with Gasteiger partial charge in [0.1, 0.15) is 12.4 Å². The predicted molar refractivity (Wildman–Crippen MR) is 73.8 cm³/mol. The van der Waals surface area contributed by atoms with Gasteiger partial charge < -0.3 is 15.2 Å². The Morgan fingerprint density at radius 1 is 1.37 bits per heavy atom. The highest BCUT2D eigenvalue weighted by atomic mass is 79.9. The van der Waals surface area contributed by atoms with Crippen LogP contribution in [0.1, 0.15) is 12.0 Å². The lowest BCUT2D eigenvalue weighted by Gasteiger charge is -2.14. The van der Waals surface area contributed by atoms with Crippen molar-refractivity contribution in [2.24, 2.45) is 5.73 Å². The number of methoxy groups -OCH3 is 1. The second kappa shape index (κ2) is 8.45. The summed E-state index contributed by atoms with van der Waals surface area (Å²) in [5.74, 6) is 0.771. The quantitative estimate of drug-likeness (QED) is 0.741. The highest BCUT2D eigenvalue weighted by Gasteiger charge is 2.10. The summed E-state index contributed by atoms with van der Waals surface area (Å²) in [6, 6.07) is 5.54. The third kappa shape index (κ3) is 6.31. The minimum absolute atomic E-state index is 0.152. The number of nitrogens with two attached hydrogens (primary N) is 1. The largest absolute Gasteiger partial charge is 0.496 e. The molecule has 1 atom stereocenters. The molecule has 0 fully saturated rings. The zero-order chi connectivity index (χ0) is 14.3. The maximum Gasteiger partial charge on any atom is 0.261 e. The average Bonchev–Trinajstić information content (AvgIpc) is 2.35. The molecule has 1 unspecified atom stereocenters. The van der Waals surface area contributed by atoms with Gasteiger partial charge in [-0.05, 0) is 36.6 Å². The van der Waals surface area contributed by atoms with E-state index < -0.39 is 13.0 Å². The van der Waals surface area contributed by atoms with Crippen molar-refractivity contribution in [1.82, 2.24) is 0 Å². The van der Waals surface area contributed by atoms with Crippen LogP contribution in [0.15, 0.2) is 22.7 Å². The number of hydrogen-bond donors (Lipinski definition) is 1. The van der Waals surface area contributed by atoms with E-state index in [9.17, 15) is 8.78 Å². The maximum absolute atomic E-state index is 11.9. The highest BCUT2D eigenvalue weighted by molar-refractivity contribution is 9.10. The molecule has 0 aromatic heterocycles. The van der Waals surface area contributed by atoms with E-state index in [4.69, 9.17) is 15.2 Å². The number of rotatable bonds is 8. The maximum atomic E-state index is 11.9. The van der Waals surface area contributed by atoms with Gasteiger partial charge in [0.2, 0.25) is 0 Å². The first-order valence-electron chi connectivity index (χ1n) is 5.96. The first-order chi connectivity index (χ1) is 9.02. The van der Waals surface area contributed by atoms with E-state index >= 15 is 0 Å². The Balaban J connectivity index is 2.43. The number of halogens is 3. The molecule has 0 radical (unpaired) electrons. The van der Waals surface area contributed by atoms with E-state index in [1.807, 2.05) is 18.2 Å². The van der Waals surface area contributed by atoms with E-state index in [2.05, 4.69) is 15.9 Å². The summed E-state index contributed by atoms with van der Waals surface area (Å²) >= 11 is 3.39. The molecule has 108 valence electrons. The van der Waals surface area contributed by atoms with Gasteiger partial charge in [0.05, 0.1) is 7.11 Å². The minimum Gasteiger partial charge on any atom is -0.496 e. The van der Waals surface area contributed by atoms with Gasteiger partial charge in [0.25, 0.3) is 6.43 Å². The molecule has 1 rings (SSSR count). The molecule has 6 heteroatoms. The molecule has 19 heavy (non-hydrogen) atoms. The molecule has 0 spiro atoms. The van der Waals surface area contributed by atoms with E-state index in [-0.39, 0.29) is 12.6 Å². The molecule has 0 aliphatic carbocycles. The van der Waals surface area contributed by atoms with Gasteiger partial charge in [0.15, 0.2) is 0 Å². The van der Waals surface area contributed by atoms with Crippen molar-refractivity contribution in [1.29, 1.82) is 0 Å². The van der Waals surface area contributed by atoms with Crippen molar-refractivity contribution >= 4 is 15.9 Å². The lowest BCUT2D eigenvalue weighted by Crippen LogP contribution is -2.25. The fourth-order valence-electron chi connectivity index (χ4n) is 1.70. The lowest BCUT2D eigenvalue weighted by molar-refractivity contribution is 0.0153. The van der Waals surface area contributed by atoms with E-state index in [0.29, 0.717) is 12.8 Å². The van der Waals surface area contributed by atoms with Crippen LogP contribution in [0, 0.1) is 0 Å². The summed E-state index contributed by atoms with van der Waals surface area (Å²) < 4.78 is 34.8. The van der Waals surface area contributed by atoms with Crippen LogP contribution in [-0.2, 0) is 11.2 Å². The molecule has 0 saturated carbocycles. The average molecular weight is 338 g/mol. The zero-order valence-electron chi connectivity index (χ0n) is 10.7. The van der Waals surface area contributed by atoms with Gasteiger partial charge in [-0.15, -0.1) is 0 Å². The summed E-state index contributed by atoms with van der Waals surface area (Å²) in [5.41, 5.74) is 6.94. The highest BCUT2D eigenvalue weighted by Crippen LogP contribution is 2.24. The van der Waals surface area contributed by atoms with Crippen LogP contribution in [0.2, 0.25) is 0 Å². The molecular formula is C13H18BrF2NO2. The second-order valence-corrected chi connectivity index (χ2v) is 5.09. The second-order valence-electron chi connectivity index (χ2n) is 4.18. The topological polar surface area (TPSA) is 44.5 Å². The lowest BCUT2D eigenvalue weighted by atomic mass is 10.0. The number of hydrogen-bond acceptors (Lipinski definition) is 3. The summed E-state index contributed by atoms with van der Waals surface area (Å²) in [6.07, 6.45) is -1.29. The monoisotopic (exact) mass is 337 g/mol. The van der Waals surface area contributed by atoms with Crippen molar-refractivity contribution in [3.63, 3.8) is 0 Å². The molecule has 3 nitrogen and oxygen atoms in total.